The Bertz CT molecular complexity index is 610. The summed E-state index contributed by atoms with van der Waals surface area (Å²) in [6.45, 7) is 2.38. The van der Waals surface area contributed by atoms with Gasteiger partial charge in [0.05, 0.1) is 6.04 Å². The van der Waals surface area contributed by atoms with Crippen molar-refractivity contribution in [2.75, 3.05) is 33.7 Å². The summed E-state index contributed by atoms with van der Waals surface area (Å²) in [7, 11) is 3.73. The van der Waals surface area contributed by atoms with E-state index in [-0.39, 0.29) is 17.9 Å². The van der Waals surface area contributed by atoms with Crippen molar-refractivity contribution < 1.29 is 9.59 Å². The Kier molecular flexibility index (Phi) is 5.19. The number of carbonyl (C=O) groups excluding carboxylic acids is 2. The third-order valence-electron chi connectivity index (χ3n) is 5.42. The van der Waals surface area contributed by atoms with E-state index in [0.717, 1.165) is 31.5 Å². The predicted octanol–water partition coefficient (Wildman–Crippen LogP) is 2.05. The second kappa shape index (κ2) is 7.34. The average Bonchev–Trinajstić information content (AvgIpc) is 3.15. The zero-order chi connectivity index (χ0) is 17.1. The Morgan fingerprint density at radius 3 is 2.62 bits per heavy atom. The van der Waals surface area contributed by atoms with E-state index < -0.39 is 0 Å². The summed E-state index contributed by atoms with van der Waals surface area (Å²) in [5.41, 5.74) is 1.77. The van der Waals surface area contributed by atoms with Crippen LogP contribution in [0, 0.1) is 5.92 Å². The maximum atomic E-state index is 12.7. The molecule has 1 aliphatic heterocycles. The van der Waals surface area contributed by atoms with Gasteiger partial charge in [-0.2, -0.15) is 0 Å². The Hall–Kier alpha value is -1.88. The summed E-state index contributed by atoms with van der Waals surface area (Å²) in [6.07, 6.45) is 4.45. The van der Waals surface area contributed by atoms with Gasteiger partial charge < -0.3 is 10.2 Å². The number of hydrogen-bond donors (Lipinski definition) is 1. The highest BCUT2D eigenvalue weighted by Crippen LogP contribution is 2.30. The van der Waals surface area contributed by atoms with Crippen molar-refractivity contribution in [1.82, 2.24) is 15.1 Å². The molecule has 2 amide bonds. The summed E-state index contributed by atoms with van der Waals surface area (Å²) >= 11 is 0. The van der Waals surface area contributed by atoms with E-state index in [1.807, 2.05) is 23.1 Å². The van der Waals surface area contributed by atoms with Crippen molar-refractivity contribution in [1.29, 1.82) is 0 Å². The molecule has 3 rings (SSSR count). The van der Waals surface area contributed by atoms with Crippen LogP contribution in [0.4, 0.5) is 0 Å². The van der Waals surface area contributed by atoms with Crippen molar-refractivity contribution in [3.05, 3.63) is 35.4 Å². The molecule has 24 heavy (non-hydrogen) atoms. The molecule has 1 heterocycles. The van der Waals surface area contributed by atoms with Crippen LogP contribution in [-0.2, 0) is 4.79 Å². The van der Waals surface area contributed by atoms with Gasteiger partial charge in [0.2, 0.25) is 5.91 Å². The molecule has 0 radical (unpaired) electrons. The molecule has 1 unspecified atom stereocenters. The third-order valence-corrected chi connectivity index (χ3v) is 5.42. The minimum absolute atomic E-state index is 0.0748. The fraction of sp³-hybridized carbons (Fsp3) is 0.579. The average molecular weight is 329 g/mol. The zero-order valence-corrected chi connectivity index (χ0v) is 14.6. The molecule has 2 aliphatic rings. The minimum atomic E-state index is -0.0748. The second-order valence-corrected chi connectivity index (χ2v) is 6.97. The normalized spacial score (nSPS) is 22.6. The summed E-state index contributed by atoms with van der Waals surface area (Å²) in [6, 6.07) is 7.90. The van der Waals surface area contributed by atoms with Gasteiger partial charge in [-0.3, -0.25) is 14.5 Å². The number of rotatable bonds is 3. The van der Waals surface area contributed by atoms with E-state index in [4.69, 9.17) is 0 Å². The lowest BCUT2D eigenvalue weighted by atomic mass is 9.98. The highest BCUT2D eigenvalue weighted by Gasteiger charge is 2.33. The van der Waals surface area contributed by atoms with Crippen LogP contribution in [0.25, 0.3) is 0 Å². The number of nitrogens with one attached hydrogen (secondary N) is 1. The lowest BCUT2D eigenvalue weighted by Gasteiger charge is -2.40. The smallest absolute Gasteiger partial charge is 0.251 e. The van der Waals surface area contributed by atoms with Crippen LogP contribution < -0.4 is 5.32 Å². The first-order valence-electron chi connectivity index (χ1n) is 8.91. The van der Waals surface area contributed by atoms with Gasteiger partial charge in [0.15, 0.2) is 0 Å². The lowest BCUT2D eigenvalue weighted by molar-refractivity contribution is -0.138. The minimum Gasteiger partial charge on any atom is -0.355 e. The molecule has 5 nitrogen and oxygen atoms in total. The van der Waals surface area contributed by atoms with Gasteiger partial charge in [0, 0.05) is 38.2 Å². The number of carbonyl (C=O) groups is 2. The fourth-order valence-electron chi connectivity index (χ4n) is 3.90. The van der Waals surface area contributed by atoms with Crippen LogP contribution in [0.5, 0.6) is 0 Å². The molecule has 2 fully saturated rings. The molecular formula is C19H27N3O2. The molecule has 1 atom stereocenters. The van der Waals surface area contributed by atoms with Crippen LogP contribution in [0.3, 0.4) is 0 Å². The molecule has 1 N–H and O–H groups in total. The third kappa shape index (κ3) is 3.46. The zero-order valence-electron chi connectivity index (χ0n) is 14.6. The van der Waals surface area contributed by atoms with Crippen molar-refractivity contribution in [2.45, 2.75) is 31.7 Å². The SMILES string of the molecule is CNC(=O)c1cccc(C2CN(C(=O)C3CCCC3)CCN2C)c1. The number of likely N-dealkylation sites (N-methyl/N-ethyl adjacent to an activating group) is 1. The molecular weight excluding hydrogens is 302 g/mol. The van der Waals surface area contributed by atoms with E-state index in [1.54, 1.807) is 7.05 Å². The number of amides is 2. The van der Waals surface area contributed by atoms with Gasteiger partial charge in [-0.25, -0.2) is 0 Å². The van der Waals surface area contributed by atoms with Gasteiger partial charge in [-0.15, -0.1) is 0 Å². The van der Waals surface area contributed by atoms with Gasteiger partial charge in [0.25, 0.3) is 5.91 Å². The number of piperazine rings is 1. The van der Waals surface area contributed by atoms with E-state index >= 15 is 0 Å². The van der Waals surface area contributed by atoms with E-state index in [1.165, 1.54) is 12.8 Å². The molecule has 130 valence electrons. The molecule has 0 aromatic heterocycles. The molecule has 0 spiro atoms. The predicted molar refractivity (Wildman–Crippen MR) is 93.7 cm³/mol. The second-order valence-electron chi connectivity index (χ2n) is 6.97. The lowest BCUT2D eigenvalue weighted by Crippen LogP contribution is -2.50. The Morgan fingerprint density at radius 1 is 1.17 bits per heavy atom. The number of hydrogen-bond acceptors (Lipinski definition) is 3. The van der Waals surface area contributed by atoms with E-state index in [2.05, 4.69) is 23.3 Å². The largest absolute Gasteiger partial charge is 0.355 e. The molecule has 1 saturated heterocycles. The maximum Gasteiger partial charge on any atom is 0.251 e. The first-order chi connectivity index (χ1) is 11.6. The highest BCUT2D eigenvalue weighted by molar-refractivity contribution is 5.94. The first-order valence-corrected chi connectivity index (χ1v) is 8.91. The van der Waals surface area contributed by atoms with Crippen molar-refractivity contribution in [2.24, 2.45) is 5.92 Å². The van der Waals surface area contributed by atoms with Gasteiger partial charge in [0.1, 0.15) is 0 Å². The van der Waals surface area contributed by atoms with Crippen LogP contribution in [0.1, 0.15) is 47.6 Å². The maximum absolute atomic E-state index is 12.7. The monoisotopic (exact) mass is 329 g/mol. The van der Waals surface area contributed by atoms with Gasteiger partial charge >= 0.3 is 0 Å². The summed E-state index contributed by atoms with van der Waals surface area (Å²) < 4.78 is 0. The standard InChI is InChI=1S/C19H27N3O2/c1-20-18(23)16-9-5-8-15(12-16)17-13-22(11-10-21(17)2)19(24)14-6-3-4-7-14/h5,8-9,12,14,17H,3-4,6-7,10-11,13H2,1-2H3,(H,20,23). The molecule has 0 bridgehead atoms. The first kappa shape index (κ1) is 17.0. The Labute approximate surface area is 144 Å². The summed E-state index contributed by atoms with van der Waals surface area (Å²) in [5.74, 6) is 0.480. The van der Waals surface area contributed by atoms with Crippen LogP contribution in [0.15, 0.2) is 24.3 Å². The number of benzene rings is 1. The van der Waals surface area contributed by atoms with Gasteiger partial charge in [-0.05, 0) is 37.6 Å². The van der Waals surface area contributed by atoms with Gasteiger partial charge in [-0.1, -0.05) is 25.0 Å². The van der Waals surface area contributed by atoms with Crippen LogP contribution in [0.2, 0.25) is 0 Å². The number of nitrogens with zero attached hydrogens (tertiary/aromatic N) is 2. The van der Waals surface area contributed by atoms with Crippen molar-refractivity contribution >= 4 is 11.8 Å². The van der Waals surface area contributed by atoms with Crippen molar-refractivity contribution in [3.63, 3.8) is 0 Å². The quantitative estimate of drug-likeness (QED) is 0.923. The van der Waals surface area contributed by atoms with Crippen molar-refractivity contribution in [3.8, 4) is 0 Å². The Morgan fingerprint density at radius 2 is 1.92 bits per heavy atom. The molecule has 1 aromatic carbocycles. The Balaban J connectivity index is 1.76. The topological polar surface area (TPSA) is 52.7 Å². The van der Waals surface area contributed by atoms with Crippen LogP contribution in [-0.4, -0.2) is 55.3 Å². The molecule has 1 aliphatic carbocycles. The van der Waals surface area contributed by atoms with Crippen LogP contribution >= 0.6 is 0 Å². The highest BCUT2D eigenvalue weighted by atomic mass is 16.2. The summed E-state index contributed by atoms with van der Waals surface area (Å²) in [5, 5.41) is 2.67. The molecule has 1 aromatic rings. The summed E-state index contributed by atoms with van der Waals surface area (Å²) in [4.78, 5) is 29.0. The van der Waals surface area contributed by atoms with E-state index in [0.29, 0.717) is 18.0 Å². The molecule has 1 saturated carbocycles. The molecule has 5 heteroatoms. The van der Waals surface area contributed by atoms with E-state index in [9.17, 15) is 9.59 Å². The fourth-order valence-corrected chi connectivity index (χ4v) is 3.90.